The van der Waals surface area contributed by atoms with E-state index in [1.165, 1.54) is 0 Å². The number of ether oxygens (including phenoxy) is 1. The van der Waals surface area contributed by atoms with E-state index in [4.69, 9.17) is 18.0 Å². The number of carbonyl (C=O) groups excluding carboxylic acids is 2. The van der Waals surface area contributed by atoms with Crippen LogP contribution in [0.25, 0.3) is 0 Å². The number of ketones is 1. The van der Waals surface area contributed by atoms with Gasteiger partial charge in [0.05, 0.1) is 24.7 Å². The molecule has 0 bridgehead atoms. The highest BCUT2D eigenvalue weighted by Crippen LogP contribution is 2.44. The topological polar surface area (TPSA) is 71.1 Å². The van der Waals surface area contributed by atoms with E-state index in [1.807, 2.05) is 27.7 Å². The molecule has 6 atom stereocenters. The molecular weight excluding hydrogens is 649 g/mol. The minimum Gasteiger partial charge on any atom is -0.459 e. The number of hydrogen-bond donors (Lipinski definition) is 0. The summed E-state index contributed by atoms with van der Waals surface area (Å²) in [6, 6.07) is 0. The maximum absolute atomic E-state index is 14.8. The summed E-state index contributed by atoms with van der Waals surface area (Å²) in [5.41, 5.74) is -0.946. The Morgan fingerprint density at radius 1 is 0.792 bits per heavy atom. The third kappa shape index (κ3) is 12.0. The van der Waals surface area contributed by atoms with E-state index in [-0.39, 0.29) is 57.3 Å². The minimum atomic E-state index is -2.39. The second kappa shape index (κ2) is 16.4. The van der Waals surface area contributed by atoms with E-state index in [2.05, 4.69) is 121 Å². The second-order valence-electron chi connectivity index (χ2n) is 20.0. The summed E-state index contributed by atoms with van der Waals surface area (Å²) in [6.07, 6.45) is 6.31. The summed E-state index contributed by atoms with van der Waals surface area (Å²) in [6.45, 7) is 43.7. The van der Waals surface area contributed by atoms with Gasteiger partial charge in [-0.25, -0.2) is 0 Å². The maximum atomic E-state index is 14.8. The molecule has 1 aliphatic rings. The van der Waals surface area contributed by atoms with E-state index >= 15 is 0 Å². The fourth-order valence-corrected chi connectivity index (χ4v) is 9.94. The molecule has 0 spiro atoms. The van der Waals surface area contributed by atoms with Gasteiger partial charge in [-0.05, 0) is 86.5 Å². The second-order valence-corrected chi connectivity index (χ2v) is 34.3. The van der Waals surface area contributed by atoms with Crippen LogP contribution in [0.2, 0.25) is 54.4 Å². The van der Waals surface area contributed by atoms with E-state index in [9.17, 15) is 9.59 Å². The largest absolute Gasteiger partial charge is 0.459 e. The lowest BCUT2D eigenvalue weighted by Crippen LogP contribution is -2.54. The Morgan fingerprint density at radius 2 is 1.27 bits per heavy atom. The van der Waals surface area contributed by atoms with Crippen molar-refractivity contribution in [1.29, 1.82) is 0 Å². The van der Waals surface area contributed by atoms with Crippen LogP contribution in [0.5, 0.6) is 0 Å². The highest BCUT2D eigenvalue weighted by molar-refractivity contribution is 6.75. The van der Waals surface area contributed by atoms with Gasteiger partial charge < -0.3 is 18.0 Å². The fraction of sp³-hybridized carbons (Fsp3) is 0.897. The van der Waals surface area contributed by atoms with Gasteiger partial charge in [0.15, 0.2) is 25.0 Å². The summed E-state index contributed by atoms with van der Waals surface area (Å²) in [5.74, 6) is -0.413. The Morgan fingerprint density at radius 3 is 1.75 bits per heavy atom. The molecule has 6 nitrogen and oxygen atoms in total. The number of allylic oxidation sites excluding steroid dienone is 1. The van der Waals surface area contributed by atoms with Gasteiger partial charge in [0.2, 0.25) is 0 Å². The number of cyclic esters (lactones) is 1. The first kappa shape index (κ1) is 45.4. The van der Waals surface area contributed by atoms with Crippen molar-refractivity contribution in [2.75, 3.05) is 0 Å². The van der Waals surface area contributed by atoms with Gasteiger partial charge >= 0.3 is 5.97 Å². The fourth-order valence-electron chi connectivity index (χ4n) is 5.59. The van der Waals surface area contributed by atoms with Gasteiger partial charge in [-0.15, -0.1) is 0 Å². The predicted molar refractivity (Wildman–Crippen MR) is 211 cm³/mol. The van der Waals surface area contributed by atoms with Crippen molar-refractivity contribution in [2.45, 2.75) is 208 Å². The Kier molecular flexibility index (Phi) is 15.5. The van der Waals surface area contributed by atoms with Crippen LogP contribution in [0, 0.1) is 17.3 Å². The van der Waals surface area contributed by atoms with Crippen LogP contribution in [0.15, 0.2) is 12.2 Å². The normalized spacial score (nSPS) is 28.1. The van der Waals surface area contributed by atoms with Crippen molar-refractivity contribution in [2.24, 2.45) is 17.3 Å². The molecule has 0 radical (unpaired) electrons. The minimum absolute atomic E-state index is 0.00824. The number of carbonyl (C=O) groups is 2. The van der Waals surface area contributed by atoms with Gasteiger partial charge in [0.1, 0.15) is 11.9 Å². The molecule has 0 fully saturated rings. The smallest absolute Gasteiger partial charge is 0.308 e. The predicted octanol–water partition coefficient (Wildman–Crippen LogP) is 11.5. The van der Waals surface area contributed by atoms with Crippen LogP contribution < -0.4 is 0 Å². The molecule has 0 aromatic heterocycles. The molecule has 9 heteroatoms. The molecular formula is C39H78O6Si3. The molecule has 1 rings (SSSR count). The summed E-state index contributed by atoms with van der Waals surface area (Å²) in [7, 11) is -6.68. The SMILES string of the molecule is CC(O[Si](C)(C)C(C)(C)C)[C@@H]1C/C=C\CCC[C@@H](C)[C@H](O[Si](C)(C)C(C)(C)C)[C@@H](C)C(=O)C(C)(C)[C@@H](O[Si](C)(C)C(C)(C)C)CC(=O)O1. The summed E-state index contributed by atoms with van der Waals surface area (Å²) < 4.78 is 27.2. The zero-order chi connectivity index (χ0) is 37.9. The molecule has 0 amide bonds. The summed E-state index contributed by atoms with van der Waals surface area (Å²) >= 11 is 0. The third-order valence-electron chi connectivity index (χ3n) is 12.4. The summed E-state index contributed by atoms with van der Waals surface area (Å²) in [5, 5.41) is -0.0492. The van der Waals surface area contributed by atoms with Crippen molar-refractivity contribution in [1.82, 2.24) is 0 Å². The van der Waals surface area contributed by atoms with Crippen molar-refractivity contribution in [3.63, 3.8) is 0 Å². The standard InChI is InChI=1S/C39H78O6Si3/c1-28-25-23-21-22-24-26-31(30(3)43-46(15,16)36(4,5)6)42-33(40)27-32(44-47(17,18)37(7,8)9)39(13,14)35(41)29(2)34(28)45-48(19,20)38(10,11)12/h22,24,28-32,34H,21,23,25-27H2,1-20H3/b24-22-/t28-,29-,30?,31+,32+,34+/m1/s1. The molecule has 0 aromatic rings. The van der Waals surface area contributed by atoms with Gasteiger partial charge in [-0.2, -0.15) is 0 Å². The van der Waals surface area contributed by atoms with Crippen LogP contribution in [0.4, 0.5) is 0 Å². The van der Waals surface area contributed by atoms with Crippen LogP contribution in [-0.2, 0) is 27.6 Å². The Balaban J connectivity index is 3.72. The van der Waals surface area contributed by atoms with Gasteiger partial charge in [-0.3, -0.25) is 9.59 Å². The highest BCUT2D eigenvalue weighted by Gasteiger charge is 2.50. The quantitative estimate of drug-likeness (QED) is 0.148. The van der Waals surface area contributed by atoms with Gasteiger partial charge in [-0.1, -0.05) is 102 Å². The molecule has 0 saturated heterocycles. The number of rotatable bonds is 7. The number of hydrogen-bond acceptors (Lipinski definition) is 6. The van der Waals surface area contributed by atoms with E-state index in [0.29, 0.717) is 6.42 Å². The van der Waals surface area contributed by atoms with E-state index in [1.54, 1.807) is 0 Å². The molecule has 0 aliphatic carbocycles. The molecule has 282 valence electrons. The lowest BCUT2D eigenvalue weighted by atomic mass is 9.73. The van der Waals surface area contributed by atoms with Crippen molar-refractivity contribution < 1.29 is 27.6 Å². The average molecular weight is 727 g/mol. The lowest BCUT2D eigenvalue weighted by molar-refractivity contribution is -0.158. The Labute approximate surface area is 300 Å². The first-order valence-corrected chi connectivity index (χ1v) is 27.4. The monoisotopic (exact) mass is 727 g/mol. The average Bonchev–Trinajstić information content (AvgIpc) is 2.88. The first-order chi connectivity index (χ1) is 21.3. The van der Waals surface area contributed by atoms with Gasteiger partial charge in [0.25, 0.3) is 0 Å². The van der Waals surface area contributed by atoms with Crippen LogP contribution in [0.3, 0.4) is 0 Å². The Bertz CT molecular complexity index is 1090. The lowest BCUT2D eigenvalue weighted by Gasteiger charge is -2.46. The molecule has 1 aliphatic heterocycles. The van der Waals surface area contributed by atoms with Crippen molar-refractivity contribution in [3.05, 3.63) is 12.2 Å². The van der Waals surface area contributed by atoms with Gasteiger partial charge in [0, 0.05) is 17.8 Å². The van der Waals surface area contributed by atoms with Crippen LogP contribution in [-0.4, -0.2) is 61.1 Å². The molecule has 1 unspecified atom stereocenters. The molecule has 0 aromatic carbocycles. The van der Waals surface area contributed by atoms with Crippen LogP contribution >= 0.6 is 0 Å². The first-order valence-electron chi connectivity index (χ1n) is 18.7. The van der Waals surface area contributed by atoms with Crippen LogP contribution in [0.1, 0.15) is 129 Å². The van der Waals surface area contributed by atoms with E-state index in [0.717, 1.165) is 19.3 Å². The highest BCUT2D eigenvalue weighted by atomic mass is 28.4. The van der Waals surface area contributed by atoms with E-state index < -0.39 is 42.6 Å². The van der Waals surface area contributed by atoms with Crippen molar-refractivity contribution >= 4 is 36.7 Å². The summed E-state index contributed by atoms with van der Waals surface area (Å²) in [4.78, 5) is 28.8. The molecule has 48 heavy (non-hydrogen) atoms. The third-order valence-corrected chi connectivity index (χ3v) is 25.9. The zero-order valence-corrected chi connectivity index (χ0v) is 38.1. The number of esters is 1. The molecule has 0 saturated carbocycles. The molecule has 0 N–H and O–H groups in total. The zero-order valence-electron chi connectivity index (χ0n) is 35.1. The Hall–Kier alpha value is -0.589. The number of Topliss-reactive ketones (excluding diaryl/α,β-unsaturated/α-hetero) is 1. The molecule has 1 heterocycles. The maximum Gasteiger partial charge on any atom is 0.308 e. The van der Waals surface area contributed by atoms with Crippen molar-refractivity contribution in [3.8, 4) is 0 Å².